The van der Waals surface area contributed by atoms with Gasteiger partial charge in [-0.1, -0.05) is 18.2 Å². The molecule has 0 radical (unpaired) electrons. The van der Waals surface area contributed by atoms with Gasteiger partial charge in [-0.25, -0.2) is 9.78 Å². The van der Waals surface area contributed by atoms with Crippen molar-refractivity contribution in [1.29, 1.82) is 0 Å². The number of carbonyl (C=O) groups excluding carboxylic acids is 1. The molecule has 0 bridgehead atoms. The molecule has 8 heteroatoms. The van der Waals surface area contributed by atoms with Crippen LogP contribution < -0.4 is 15.5 Å². The van der Waals surface area contributed by atoms with Gasteiger partial charge in [-0.15, -0.1) is 0 Å². The highest BCUT2D eigenvalue weighted by Gasteiger charge is 2.28. The summed E-state index contributed by atoms with van der Waals surface area (Å²) in [6.45, 7) is 4.32. The summed E-state index contributed by atoms with van der Waals surface area (Å²) < 4.78 is 1.85. The zero-order valence-electron chi connectivity index (χ0n) is 19.1. The van der Waals surface area contributed by atoms with Crippen molar-refractivity contribution in [3.63, 3.8) is 0 Å². The van der Waals surface area contributed by atoms with Gasteiger partial charge in [0.15, 0.2) is 5.65 Å². The zero-order valence-corrected chi connectivity index (χ0v) is 19.1. The van der Waals surface area contributed by atoms with Crippen molar-refractivity contribution in [2.24, 2.45) is 0 Å². The summed E-state index contributed by atoms with van der Waals surface area (Å²) in [5, 5.41) is 0. The number of hydrogen-bond acceptors (Lipinski definition) is 5. The second kappa shape index (κ2) is 8.13. The van der Waals surface area contributed by atoms with E-state index in [2.05, 4.69) is 25.9 Å². The molecule has 0 unspecified atom stereocenters. The predicted molar refractivity (Wildman–Crippen MR) is 132 cm³/mol. The molecule has 3 aromatic heterocycles. The molecule has 0 spiro atoms. The van der Waals surface area contributed by atoms with Crippen LogP contribution in [0.4, 0.5) is 11.4 Å². The van der Waals surface area contributed by atoms with E-state index >= 15 is 0 Å². The highest BCUT2D eigenvalue weighted by atomic mass is 16.2. The monoisotopic (exact) mass is 454 g/mol. The average molecular weight is 455 g/mol. The number of para-hydroxylation sites is 1. The molecule has 2 aliphatic heterocycles. The van der Waals surface area contributed by atoms with Gasteiger partial charge in [-0.3, -0.25) is 19.3 Å². The van der Waals surface area contributed by atoms with Crippen LogP contribution in [0.5, 0.6) is 0 Å². The standard InChI is InChI=1S/C26H26N6O2/c1-17-16-28-20(25(33)31-14-8-18-5-2-3-6-21(18)31)15-23(17)30-12-9-19(10-13-30)32-22-7-4-11-27-24(22)29-26(32)34/h2-7,11,15-16,19H,8-10,12-14H2,1H3,(H,27,29,34). The van der Waals surface area contributed by atoms with Crippen LogP contribution in [0.25, 0.3) is 11.2 Å². The number of aryl methyl sites for hydroxylation is 1. The summed E-state index contributed by atoms with van der Waals surface area (Å²) in [5.74, 6) is -0.0565. The highest BCUT2D eigenvalue weighted by molar-refractivity contribution is 6.06. The number of nitrogens with one attached hydrogen (secondary N) is 1. The fourth-order valence-electron chi connectivity index (χ4n) is 5.34. The lowest BCUT2D eigenvalue weighted by Gasteiger charge is -2.35. The Balaban J connectivity index is 1.23. The first-order chi connectivity index (χ1) is 16.6. The molecule has 6 rings (SSSR count). The van der Waals surface area contributed by atoms with Gasteiger partial charge in [0.05, 0.1) is 5.52 Å². The molecule has 2 aliphatic rings. The van der Waals surface area contributed by atoms with Crippen molar-refractivity contribution in [3.05, 3.63) is 82.2 Å². The minimum atomic E-state index is -0.106. The molecule has 1 fully saturated rings. The molecular weight excluding hydrogens is 428 g/mol. The number of aromatic amines is 1. The normalized spacial score (nSPS) is 16.3. The van der Waals surface area contributed by atoms with E-state index in [0.717, 1.165) is 54.8 Å². The number of benzene rings is 1. The van der Waals surface area contributed by atoms with Gasteiger partial charge in [0.25, 0.3) is 5.91 Å². The summed E-state index contributed by atoms with van der Waals surface area (Å²) in [4.78, 5) is 41.7. The van der Waals surface area contributed by atoms with Crippen molar-refractivity contribution >= 4 is 28.4 Å². The minimum Gasteiger partial charge on any atom is -0.371 e. The lowest BCUT2D eigenvalue weighted by molar-refractivity contribution is 0.0984. The Morgan fingerprint density at radius 3 is 2.71 bits per heavy atom. The minimum absolute atomic E-state index is 0.0565. The van der Waals surface area contributed by atoms with Crippen molar-refractivity contribution in [1.82, 2.24) is 19.5 Å². The summed E-state index contributed by atoms with van der Waals surface area (Å²) >= 11 is 0. The molecular formula is C26H26N6O2. The SMILES string of the molecule is Cc1cnc(C(=O)N2CCc3ccccc32)cc1N1CCC(n2c(=O)[nH]c3ncccc32)CC1. The maximum atomic E-state index is 13.3. The van der Waals surface area contributed by atoms with Crippen molar-refractivity contribution in [2.45, 2.75) is 32.2 Å². The fraction of sp³-hybridized carbons (Fsp3) is 0.308. The summed E-state index contributed by atoms with van der Waals surface area (Å²) in [7, 11) is 0. The summed E-state index contributed by atoms with van der Waals surface area (Å²) in [6, 6.07) is 13.9. The number of H-pyrrole nitrogens is 1. The molecule has 0 atom stereocenters. The Hall–Kier alpha value is -3.94. The molecule has 0 saturated carbocycles. The van der Waals surface area contributed by atoms with Crippen LogP contribution in [0.15, 0.2) is 59.7 Å². The number of imidazole rings is 1. The molecule has 172 valence electrons. The van der Waals surface area contributed by atoms with Crippen LogP contribution in [0.2, 0.25) is 0 Å². The Labute approximate surface area is 196 Å². The smallest absolute Gasteiger partial charge is 0.327 e. The molecule has 1 aromatic carbocycles. The van der Waals surface area contributed by atoms with Gasteiger partial charge in [-0.05, 0) is 61.6 Å². The van der Waals surface area contributed by atoms with Gasteiger partial charge in [-0.2, -0.15) is 0 Å². The highest BCUT2D eigenvalue weighted by Crippen LogP contribution is 2.32. The lowest BCUT2D eigenvalue weighted by atomic mass is 10.0. The Kier molecular flexibility index (Phi) is 4.94. The van der Waals surface area contributed by atoms with E-state index in [9.17, 15) is 9.59 Å². The molecule has 1 N–H and O–H groups in total. The third kappa shape index (κ3) is 3.37. The third-order valence-electron chi connectivity index (χ3n) is 7.09. The van der Waals surface area contributed by atoms with E-state index in [4.69, 9.17) is 0 Å². The molecule has 0 aliphatic carbocycles. The van der Waals surface area contributed by atoms with Crippen molar-refractivity contribution in [3.8, 4) is 0 Å². The van der Waals surface area contributed by atoms with Crippen LogP contribution in [0.3, 0.4) is 0 Å². The number of fused-ring (bicyclic) bond motifs is 2. The van der Waals surface area contributed by atoms with Gasteiger partial charge in [0.2, 0.25) is 0 Å². The molecule has 4 aromatic rings. The molecule has 8 nitrogen and oxygen atoms in total. The second-order valence-electron chi connectivity index (χ2n) is 9.08. The quantitative estimate of drug-likeness (QED) is 0.512. The van der Waals surface area contributed by atoms with E-state index in [-0.39, 0.29) is 17.6 Å². The van der Waals surface area contributed by atoms with Crippen LogP contribution in [-0.4, -0.2) is 45.1 Å². The molecule has 1 amide bonds. The molecule has 5 heterocycles. The lowest BCUT2D eigenvalue weighted by Crippen LogP contribution is -2.37. The molecule has 34 heavy (non-hydrogen) atoms. The van der Waals surface area contributed by atoms with Crippen molar-refractivity contribution in [2.75, 3.05) is 29.4 Å². The first-order valence-corrected chi connectivity index (χ1v) is 11.8. The topological polar surface area (TPSA) is 87.1 Å². The number of pyridine rings is 2. The van der Waals surface area contributed by atoms with E-state index in [1.165, 1.54) is 5.56 Å². The predicted octanol–water partition coefficient (Wildman–Crippen LogP) is 3.47. The van der Waals surface area contributed by atoms with Crippen LogP contribution >= 0.6 is 0 Å². The first kappa shape index (κ1) is 20.7. The number of nitrogens with zero attached hydrogens (tertiary/aromatic N) is 5. The van der Waals surface area contributed by atoms with E-state index < -0.39 is 0 Å². The van der Waals surface area contributed by atoms with E-state index in [0.29, 0.717) is 17.9 Å². The van der Waals surface area contributed by atoms with Gasteiger partial charge in [0.1, 0.15) is 5.69 Å². The maximum absolute atomic E-state index is 13.3. The largest absolute Gasteiger partial charge is 0.371 e. The Morgan fingerprint density at radius 2 is 1.85 bits per heavy atom. The van der Waals surface area contributed by atoms with Crippen LogP contribution in [-0.2, 0) is 6.42 Å². The van der Waals surface area contributed by atoms with Crippen LogP contribution in [0, 0.1) is 6.92 Å². The third-order valence-corrected chi connectivity index (χ3v) is 7.09. The number of anilines is 2. The van der Waals surface area contributed by atoms with Gasteiger partial charge < -0.3 is 9.80 Å². The number of rotatable bonds is 3. The summed E-state index contributed by atoms with van der Waals surface area (Å²) in [5.41, 5.74) is 6.12. The average Bonchev–Trinajstić information content (AvgIpc) is 3.44. The van der Waals surface area contributed by atoms with Gasteiger partial charge >= 0.3 is 5.69 Å². The number of aromatic nitrogens is 4. The number of carbonyl (C=O) groups is 1. The number of amides is 1. The first-order valence-electron chi connectivity index (χ1n) is 11.8. The maximum Gasteiger partial charge on any atom is 0.327 e. The second-order valence-corrected chi connectivity index (χ2v) is 9.08. The Morgan fingerprint density at radius 1 is 1.03 bits per heavy atom. The van der Waals surface area contributed by atoms with Crippen molar-refractivity contribution < 1.29 is 4.79 Å². The van der Waals surface area contributed by atoms with E-state index in [1.807, 2.05) is 52.8 Å². The zero-order chi connectivity index (χ0) is 23.2. The van der Waals surface area contributed by atoms with E-state index in [1.54, 1.807) is 12.4 Å². The summed E-state index contributed by atoms with van der Waals surface area (Å²) in [6.07, 6.45) is 6.04. The molecule has 1 saturated heterocycles. The number of piperidine rings is 1. The Bertz CT molecular complexity index is 1450. The fourth-order valence-corrected chi connectivity index (χ4v) is 5.34. The number of hydrogen-bond donors (Lipinski definition) is 1. The van der Waals surface area contributed by atoms with Crippen LogP contribution in [0.1, 0.15) is 40.5 Å². The van der Waals surface area contributed by atoms with Gasteiger partial charge in [0, 0.05) is 49.4 Å².